The van der Waals surface area contributed by atoms with Crippen LogP contribution in [0.25, 0.3) is 0 Å². The number of hydrogen-bond acceptors (Lipinski definition) is 5. The van der Waals surface area contributed by atoms with Gasteiger partial charge in [0.2, 0.25) is 5.91 Å². The molecule has 3 N–H and O–H groups in total. The van der Waals surface area contributed by atoms with E-state index in [1.54, 1.807) is 36.4 Å². The van der Waals surface area contributed by atoms with E-state index in [0.29, 0.717) is 16.8 Å². The number of benzene rings is 2. The summed E-state index contributed by atoms with van der Waals surface area (Å²) in [6, 6.07) is 11.1. The minimum atomic E-state index is -1.23. The molecule has 1 atom stereocenters. The second-order valence-electron chi connectivity index (χ2n) is 6.11. The molecule has 2 aromatic carbocycles. The molecule has 2 amide bonds. The molecule has 0 aliphatic carbocycles. The van der Waals surface area contributed by atoms with Crippen LogP contribution < -0.4 is 10.6 Å². The highest BCUT2D eigenvalue weighted by atomic mass is 19.1. The van der Waals surface area contributed by atoms with Crippen LogP contribution in [-0.2, 0) is 32.1 Å². The number of anilines is 1. The number of carboxylic acids is 1. The zero-order chi connectivity index (χ0) is 21.2. The minimum absolute atomic E-state index is 0.0744. The van der Waals surface area contributed by atoms with Gasteiger partial charge in [-0.25, -0.2) is 14.0 Å². The lowest BCUT2D eigenvalue weighted by atomic mass is 10.1. The van der Waals surface area contributed by atoms with Crippen molar-refractivity contribution in [3.05, 3.63) is 65.5 Å². The summed E-state index contributed by atoms with van der Waals surface area (Å²) in [5.41, 5.74) is 1.89. The Morgan fingerprint density at radius 3 is 2.24 bits per heavy atom. The van der Waals surface area contributed by atoms with Crippen molar-refractivity contribution in [2.24, 2.45) is 0 Å². The van der Waals surface area contributed by atoms with Crippen LogP contribution in [0.2, 0.25) is 0 Å². The maximum Gasteiger partial charge on any atom is 0.408 e. The summed E-state index contributed by atoms with van der Waals surface area (Å²) in [7, 11) is 1.32. The fraction of sp³-hybridized carbons (Fsp3) is 0.250. The van der Waals surface area contributed by atoms with E-state index in [1.165, 1.54) is 19.2 Å². The zero-order valence-electron chi connectivity index (χ0n) is 15.7. The highest BCUT2D eigenvalue weighted by molar-refractivity contribution is 5.92. The molecule has 8 nitrogen and oxygen atoms in total. The Morgan fingerprint density at radius 1 is 1.03 bits per heavy atom. The molecule has 0 fully saturated rings. The van der Waals surface area contributed by atoms with Gasteiger partial charge in [0.15, 0.2) is 6.04 Å². The molecule has 9 heteroatoms. The first kappa shape index (κ1) is 21.8. The van der Waals surface area contributed by atoms with Crippen molar-refractivity contribution >= 4 is 23.7 Å². The topological polar surface area (TPSA) is 114 Å². The second kappa shape index (κ2) is 10.8. The van der Waals surface area contributed by atoms with E-state index in [9.17, 15) is 18.8 Å². The highest BCUT2D eigenvalue weighted by Crippen LogP contribution is 2.12. The fourth-order valence-electron chi connectivity index (χ4n) is 2.35. The summed E-state index contributed by atoms with van der Waals surface area (Å²) in [4.78, 5) is 34.7. The maximum atomic E-state index is 12.9. The molecular formula is C20H21FN2O6. The van der Waals surface area contributed by atoms with Crippen molar-refractivity contribution < 1.29 is 33.4 Å². The number of alkyl carbamates (subject to hydrolysis) is 1. The highest BCUT2D eigenvalue weighted by Gasteiger charge is 2.20. The van der Waals surface area contributed by atoms with Gasteiger partial charge in [-0.2, -0.15) is 0 Å². The number of ether oxygens (including phenoxy) is 2. The maximum absolute atomic E-state index is 12.9. The quantitative estimate of drug-likeness (QED) is 0.591. The number of aliphatic carboxylic acids is 1. The van der Waals surface area contributed by atoms with Gasteiger partial charge >= 0.3 is 12.1 Å². The first-order valence-electron chi connectivity index (χ1n) is 8.65. The lowest BCUT2D eigenvalue weighted by Gasteiger charge is -2.13. The molecule has 0 radical (unpaired) electrons. The van der Waals surface area contributed by atoms with Crippen LogP contribution in [-0.4, -0.2) is 42.8 Å². The SMILES string of the molecule is COC[C@@H](NC(=O)OCc1ccc(NC(=O)Cc2ccc(F)cc2)cc1)C(=O)O. The molecule has 0 saturated carbocycles. The van der Waals surface area contributed by atoms with Gasteiger partial charge in [0.05, 0.1) is 13.0 Å². The van der Waals surface area contributed by atoms with Crippen LogP contribution in [0.5, 0.6) is 0 Å². The Morgan fingerprint density at radius 2 is 1.66 bits per heavy atom. The largest absolute Gasteiger partial charge is 0.480 e. The molecule has 0 aliphatic rings. The average Bonchev–Trinajstić information content (AvgIpc) is 2.69. The summed E-state index contributed by atoms with van der Waals surface area (Å²) < 4.78 is 22.6. The van der Waals surface area contributed by atoms with Crippen LogP contribution in [0.1, 0.15) is 11.1 Å². The van der Waals surface area contributed by atoms with Crippen molar-refractivity contribution in [1.29, 1.82) is 0 Å². The third-order valence-electron chi connectivity index (χ3n) is 3.81. The summed E-state index contributed by atoms with van der Waals surface area (Å²) in [6.07, 6.45) is -0.775. The Bertz CT molecular complexity index is 839. The van der Waals surface area contributed by atoms with E-state index in [-0.39, 0.29) is 31.4 Å². The Hall–Kier alpha value is -3.46. The molecule has 29 heavy (non-hydrogen) atoms. The van der Waals surface area contributed by atoms with Gasteiger partial charge in [0, 0.05) is 12.8 Å². The summed E-state index contributed by atoms with van der Waals surface area (Å²) >= 11 is 0. The normalized spacial score (nSPS) is 11.4. The lowest BCUT2D eigenvalue weighted by Crippen LogP contribution is -2.44. The number of methoxy groups -OCH3 is 1. The average molecular weight is 404 g/mol. The number of amides is 2. The van der Waals surface area contributed by atoms with Gasteiger partial charge in [-0.1, -0.05) is 24.3 Å². The second-order valence-corrected chi connectivity index (χ2v) is 6.11. The van der Waals surface area contributed by atoms with Crippen LogP contribution >= 0.6 is 0 Å². The molecule has 0 spiro atoms. The van der Waals surface area contributed by atoms with Gasteiger partial charge in [-0.05, 0) is 35.4 Å². The molecule has 0 aliphatic heterocycles. The van der Waals surface area contributed by atoms with Gasteiger partial charge in [-0.15, -0.1) is 0 Å². The summed E-state index contributed by atoms with van der Waals surface area (Å²) in [5.74, 6) is -1.85. The van der Waals surface area contributed by atoms with Crippen molar-refractivity contribution in [3.8, 4) is 0 Å². The molecule has 2 aromatic rings. The third kappa shape index (κ3) is 7.59. The fourth-order valence-corrected chi connectivity index (χ4v) is 2.35. The van der Waals surface area contributed by atoms with Crippen LogP contribution in [0, 0.1) is 5.82 Å². The predicted octanol–water partition coefficient (Wildman–Crippen LogP) is 2.33. The third-order valence-corrected chi connectivity index (χ3v) is 3.81. The van der Waals surface area contributed by atoms with Crippen LogP contribution in [0.15, 0.2) is 48.5 Å². The molecule has 0 aromatic heterocycles. The van der Waals surface area contributed by atoms with Crippen molar-refractivity contribution in [3.63, 3.8) is 0 Å². The Labute approximate surface area is 166 Å². The van der Waals surface area contributed by atoms with E-state index in [2.05, 4.69) is 10.6 Å². The summed E-state index contributed by atoms with van der Waals surface area (Å²) in [6.45, 7) is -0.258. The number of carbonyl (C=O) groups is 3. The Balaban J connectivity index is 1.80. The standard InChI is InChI=1S/C20H21FN2O6/c1-28-12-17(19(25)26)23-20(27)29-11-14-4-8-16(9-5-14)22-18(24)10-13-2-6-15(21)7-3-13/h2-9,17H,10-12H2,1H3,(H,22,24)(H,23,27)(H,25,26)/t17-/m1/s1. The zero-order valence-corrected chi connectivity index (χ0v) is 15.7. The molecule has 2 rings (SSSR count). The number of nitrogens with one attached hydrogen (secondary N) is 2. The first-order valence-corrected chi connectivity index (χ1v) is 8.65. The van der Waals surface area contributed by atoms with E-state index < -0.39 is 18.1 Å². The molecule has 0 bridgehead atoms. The number of hydrogen-bond donors (Lipinski definition) is 3. The molecular weight excluding hydrogens is 383 g/mol. The number of carbonyl (C=O) groups excluding carboxylic acids is 2. The van der Waals surface area contributed by atoms with E-state index in [4.69, 9.17) is 14.6 Å². The van der Waals surface area contributed by atoms with Gasteiger partial charge in [0.25, 0.3) is 0 Å². The van der Waals surface area contributed by atoms with Gasteiger partial charge in [0.1, 0.15) is 12.4 Å². The minimum Gasteiger partial charge on any atom is -0.480 e. The first-order chi connectivity index (χ1) is 13.9. The predicted molar refractivity (Wildman–Crippen MR) is 102 cm³/mol. The van der Waals surface area contributed by atoms with Crippen LogP contribution in [0.3, 0.4) is 0 Å². The monoisotopic (exact) mass is 404 g/mol. The van der Waals surface area contributed by atoms with Gasteiger partial charge in [-0.3, -0.25) is 4.79 Å². The van der Waals surface area contributed by atoms with E-state index in [0.717, 1.165) is 0 Å². The molecule has 0 heterocycles. The lowest BCUT2D eigenvalue weighted by molar-refractivity contribution is -0.140. The Kier molecular flexibility index (Phi) is 8.11. The summed E-state index contributed by atoms with van der Waals surface area (Å²) in [5, 5.41) is 13.8. The van der Waals surface area contributed by atoms with E-state index >= 15 is 0 Å². The molecule has 0 unspecified atom stereocenters. The smallest absolute Gasteiger partial charge is 0.408 e. The number of rotatable bonds is 9. The number of halogens is 1. The van der Waals surface area contributed by atoms with Crippen molar-refractivity contribution in [2.45, 2.75) is 19.1 Å². The van der Waals surface area contributed by atoms with Crippen molar-refractivity contribution in [1.82, 2.24) is 5.32 Å². The number of carboxylic acid groups (broad SMARTS) is 1. The molecule has 154 valence electrons. The van der Waals surface area contributed by atoms with Gasteiger partial charge < -0.3 is 25.2 Å². The van der Waals surface area contributed by atoms with E-state index in [1.807, 2.05) is 0 Å². The van der Waals surface area contributed by atoms with Crippen LogP contribution in [0.4, 0.5) is 14.9 Å². The van der Waals surface area contributed by atoms with Crippen molar-refractivity contribution in [2.75, 3.05) is 19.0 Å². The molecule has 0 saturated heterocycles.